The third-order valence-electron chi connectivity index (χ3n) is 5.17. The van der Waals surface area contributed by atoms with Crippen LogP contribution in [0, 0.1) is 0 Å². The predicted octanol–water partition coefficient (Wildman–Crippen LogP) is 2.98. The summed E-state index contributed by atoms with van der Waals surface area (Å²) in [5.41, 5.74) is 1.11. The first kappa shape index (κ1) is 21.2. The number of carbonyl (C=O) groups is 2. The average Bonchev–Trinajstić information content (AvgIpc) is 3.14. The maximum Gasteiger partial charge on any atom is 0.317 e. The van der Waals surface area contributed by atoms with Gasteiger partial charge < -0.3 is 20.2 Å². The zero-order valence-corrected chi connectivity index (χ0v) is 16.6. The molecular formula is C21H33N3O3. The van der Waals surface area contributed by atoms with E-state index in [9.17, 15) is 9.59 Å². The molecule has 2 rings (SSSR count). The highest BCUT2D eigenvalue weighted by Gasteiger charge is 2.28. The van der Waals surface area contributed by atoms with Gasteiger partial charge in [0.25, 0.3) is 0 Å². The minimum atomic E-state index is -0.831. The smallest absolute Gasteiger partial charge is 0.317 e. The molecule has 2 N–H and O–H groups in total. The second-order valence-corrected chi connectivity index (χ2v) is 7.70. The number of amides is 2. The molecule has 2 amide bonds. The van der Waals surface area contributed by atoms with Gasteiger partial charge >= 0.3 is 12.0 Å². The molecule has 0 spiro atoms. The van der Waals surface area contributed by atoms with E-state index >= 15 is 0 Å². The van der Waals surface area contributed by atoms with Gasteiger partial charge in [-0.25, -0.2) is 4.79 Å². The molecule has 1 unspecified atom stereocenters. The van der Waals surface area contributed by atoms with E-state index in [-0.39, 0.29) is 18.5 Å². The van der Waals surface area contributed by atoms with Crippen LogP contribution < -0.4 is 5.32 Å². The number of rotatable bonds is 10. The molecule has 1 atom stereocenters. The maximum absolute atomic E-state index is 13.0. The molecule has 1 aliphatic rings. The van der Waals surface area contributed by atoms with Gasteiger partial charge in [0.05, 0.1) is 0 Å². The van der Waals surface area contributed by atoms with Crippen LogP contribution in [0.4, 0.5) is 4.79 Å². The fourth-order valence-corrected chi connectivity index (χ4v) is 3.65. The molecule has 150 valence electrons. The van der Waals surface area contributed by atoms with Gasteiger partial charge in [-0.2, -0.15) is 0 Å². The third kappa shape index (κ3) is 7.59. The van der Waals surface area contributed by atoms with Crippen LogP contribution in [0.3, 0.4) is 0 Å². The van der Waals surface area contributed by atoms with E-state index in [1.165, 1.54) is 12.8 Å². The molecule has 1 fully saturated rings. The van der Waals surface area contributed by atoms with Crippen LogP contribution in [0.25, 0.3) is 0 Å². The van der Waals surface area contributed by atoms with Crippen LogP contribution in [0.5, 0.6) is 0 Å². The lowest BCUT2D eigenvalue weighted by atomic mass is 10.0. The van der Waals surface area contributed by atoms with Crippen LogP contribution in [-0.2, 0) is 11.2 Å². The largest absolute Gasteiger partial charge is 0.481 e. The lowest BCUT2D eigenvalue weighted by molar-refractivity contribution is -0.137. The highest BCUT2D eigenvalue weighted by atomic mass is 16.4. The van der Waals surface area contributed by atoms with E-state index < -0.39 is 5.97 Å². The Labute approximate surface area is 162 Å². The minimum Gasteiger partial charge on any atom is -0.481 e. The van der Waals surface area contributed by atoms with E-state index in [1.54, 1.807) is 0 Å². The number of carboxylic acid groups (broad SMARTS) is 1. The van der Waals surface area contributed by atoms with Crippen molar-refractivity contribution in [2.75, 3.05) is 27.2 Å². The lowest BCUT2D eigenvalue weighted by Gasteiger charge is -2.32. The number of hydrogen-bond donors (Lipinski definition) is 2. The van der Waals surface area contributed by atoms with Crippen LogP contribution >= 0.6 is 0 Å². The number of benzene rings is 1. The van der Waals surface area contributed by atoms with Crippen molar-refractivity contribution >= 4 is 12.0 Å². The molecule has 0 heterocycles. The van der Waals surface area contributed by atoms with Crippen molar-refractivity contribution in [3.05, 3.63) is 35.9 Å². The molecule has 0 aromatic heterocycles. The van der Waals surface area contributed by atoms with Crippen molar-refractivity contribution in [2.24, 2.45) is 0 Å². The quantitative estimate of drug-likeness (QED) is 0.659. The first-order valence-electron chi connectivity index (χ1n) is 9.93. The Morgan fingerprint density at radius 1 is 1.15 bits per heavy atom. The fraction of sp³-hybridized carbons (Fsp3) is 0.619. The topological polar surface area (TPSA) is 72.9 Å². The Bertz CT molecular complexity index is 586. The van der Waals surface area contributed by atoms with Gasteiger partial charge in [-0.3, -0.25) is 4.79 Å². The van der Waals surface area contributed by atoms with Gasteiger partial charge in [0.1, 0.15) is 0 Å². The molecule has 0 radical (unpaired) electrons. The van der Waals surface area contributed by atoms with Crippen LogP contribution in [0.1, 0.15) is 44.1 Å². The molecule has 6 nitrogen and oxygen atoms in total. The molecule has 0 aliphatic heterocycles. The average molecular weight is 376 g/mol. The first-order valence-corrected chi connectivity index (χ1v) is 9.93. The van der Waals surface area contributed by atoms with Crippen molar-refractivity contribution in [1.29, 1.82) is 0 Å². The molecule has 1 saturated carbocycles. The number of nitrogens with zero attached hydrogens (tertiary/aromatic N) is 2. The van der Waals surface area contributed by atoms with Gasteiger partial charge in [0, 0.05) is 31.6 Å². The molecule has 6 heteroatoms. The first-order chi connectivity index (χ1) is 13.0. The van der Waals surface area contributed by atoms with Gasteiger partial charge in [0.15, 0.2) is 0 Å². The van der Waals surface area contributed by atoms with Gasteiger partial charge in [-0.15, -0.1) is 0 Å². The van der Waals surface area contributed by atoms with E-state index in [0.717, 1.165) is 24.9 Å². The molecule has 1 aromatic carbocycles. The van der Waals surface area contributed by atoms with Crippen molar-refractivity contribution in [1.82, 2.24) is 15.1 Å². The molecule has 27 heavy (non-hydrogen) atoms. The summed E-state index contributed by atoms with van der Waals surface area (Å²) in [6.07, 6.45) is 5.58. The Morgan fingerprint density at radius 3 is 2.41 bits per heavy atom. The van der Waals surface area contributed by atoms with Crippen LogP contribution in [-0.4, -0.2) is 66.2 Å². The zero-order chi connectivity index (χ0) is 19.6. The minimum absolute atomic E-state index is 0.0545. The molecule has 0 saturated heterocycles. The van der Waals surface area contributed by atoms with Crippen molar-refractivity contribution < 1.29 is 14.7 Å². The summed E-state index contributed by atoms with van der Waals surface area (Å²) in [4.78, 5) is 28.1. The summed E-state index contributed by atoms with van der Waals surface area (Å²) in [6.45, 7) is 1.52. The summed E-state index contributed by atoms with van der Waals surface area (Å²) >= 11 is 0. The summed E-state index contributed by atoms with van der Waals surface area (Å²) < 4.78 is 0. The summed E-state index contributed by atoms with van der Waals surface area (Å²) in [7, 11) is 4.02. The van der Waals surface area contributed by atoms with Gasteiger partial charge in [-0.1, -0.05) is 43.2 Å². The molecule has 0 bridgehead atoms. The molecule has 1 aliphatic carbocycles. The summed E-state index contributed by atoms with van der Waals surface area (Å²) in [6, 6.07) is 9.97. The van der Waals surface area contributed by atoms with Crippen LogP contribution in [0.15, 0.2) is 30.3 Å². The second kappa shape index (κ2) is 10.9. The van der Waals surface area contributed by atoms with Crippen molar-refractivity contribution in [3.8, 4) is 0 Å². The van der Waals surface area contributed by atoms with E-state index in [4.69, 9.17) is 5.11 Å². The number of hydrogen-bond acceptors (Lipinski definition) is 3. The highest BCUT2D eigenvalue weighted by Crippen LogP contribution is 2.23. The van der Waals surface area contributed by atoms with E-state index in [1.807, 2.05) is 49.3 Å². The Kier molecular flexibility index (Phi) is 8.58. The maximum atomic E-state index is 13.0. The van der Waals surface area contributed by atoms with Gasteiger partial charge in [-0.05, 0) is 45.3 Å². The van der Waals surface area contributed by atoms with Gasteiger partial charge in [0.2, 0.25) is 0 Å². The second-order valence-electron chi connectivity index (χ2n) is 7.70. The molecule has 1 aromatic rings. The number of carboxylic acids is 1. The van der Waals surface area contributed by atoms with E-state index in [2.05, 4.69) is 10.2 Å². The standard InChI is InChI=1S/C21H33N3O3/c1-23(2)14-15-24(19-10-6-7-11-19)21(27)22-18(12-13-20(25)26)16-17-8-4-3-5-9-17/h3-5,8-9,18-19H,6-7,10-16H2,1-2H3,(H,22,27)(H,25,26). The number of aliphatic carboxylic acids is 1. The van der Waals surface area contributed by atoms with E-state index in [0.29, 0.717) is 25.4 Å². The fourth-order valence-electron chi connectivity index (χ4n) is 3.65. The Morgan fingerprint density at radius 2 is 1.81 bits per heavy atom. The van der Waals surface area contributed by atoms with Crippen LogP contribution in [0.2, 0.25) is 0 Å². The SMILES string of the molecule is CN(C)CCN(C(=O)NC(CCC(=O)O)Cc1ccccc1)C1CCCC1. The monoisotopic (exact) mass is 375 g/mol. The molecular weight excluding hydrogens is 342 g/mol. The van der Waals surface area contributed by atoms with Crippen molar-refractivity contribution in [2.45, 2.75) is 57.0 Å². The summed E-state index contributed by atoms with van der Waals surface area (Å²) in [5.74, 6) is -0.831. The number of carbonyl (C=O) groups excluding carboxylic acids is 1. The number of likely N-dealkylation sites (N-methyl/N-ethyl adjacent to an activating group) is 1. The zero-order valence-electron chi connectivity index (χ0n) is 16.6. The Hall–Kier alpha value is -2.08. The number of urea groups is 1. The van der Waals surface area contributed by atoms with Crippen molar-refractivity contribution in [3.63, 3.8) is 0 Å². The predicted molar refractivity (Wildman–Crippen MR) is 107 cm³/mol. The Balaban J connectivity index is 2.03. The summed E-state index contributed by atoms with van der Waals surface area (Å²) in [5, 5.41) is 12.2. The number of nitrogens with one attached hydrogen (secondary N) is 1. The normalized spacial score (nSPS) is 15.7. The third-order valence-corrected chi connectivity index (χ3v) is 5.17. The highest BCUT2D eigenvalue weighted by molar-refractivity contribution is 5.75. The lowest BCUT2D eigenvalue weighted by Crippen LogP contribution is -2.51.